The van der Waals surface area contributed by atoms with Crippen LogP contribution in [-0.4, -0.2) is 18.5 Å². The second-order valence-electron chi connectivity index (χ2n) is 5.56. The lowest BCUT2D eigenvalue weighted by Gasteiger charge is -2.29. The maximum Gasteiger partial charge on any atom is 0.166 e. The van der Waals surface area contributed by atoms with Crippen LogP contribution >= 0.6 is 0 Å². The van der Waals surface area contributed by atoms with E-state index < -0.39 is 17.7 Å². The Morgan fingerprint density at radius 3 is 2.47 bits per heavy atom. The molecule has 0 fully saturated rings. The Hall–Kier alpha value is -1.29. The molecule has 0 aliphatic heterocycles. The molecule has 0 bridgehead atoms. The number of hydrogen-bond acceptors (Lipinski definition) is 2. The molecule has 0 radical (unpaired) electrons. The molecular weight excluding hydrogens is 250 g/mol. The SMILES string of the molecule is CCOC(C(=O)Cc1cccc(F)c1F)C(C)(C)C. The largest absolute Gasteiger partial charge is 0.370 e. The highest BCUT2D eigenvalue weighted by Gasteiger charge is 2.32. The van der Waals surface area contributed by atoms with Crippen molar-refractivity contribution in [3.05, 3.63) is 35.4 Å². The van der Waals surface area contributed by atoms with Crippen LogP contribution in [0, 0.1) is 17.0 Å². The van der Waals surface area contributed by atoms with Crippen LogP contribution in [0.4, 0.5) is 8.78 Å². The Bertz CT molecular complexity index is 450. The smallest absolute Gasteiger partial charge is 0.166 e. The van der Waals surface area contributed by atoms with E-state index in [0.717, 1.165) is 6.07 Å². The van der Waals surface area contributed by atoms with Gasteiger partial charge < -0.3 is 4.74 Å². The van der Waals surface area contributed by atoms with Crippen LogP contribution in [-0.2, 0) is 16.0 Å². The number of ketones is 1. The van der Waals surface area contributed by atoms with E-state index in [2.05, 4.69) is 0 Å². The number of Topliss-reactive ketones (excluding diaryl/α,β-unsaturated/α-hetero) is 1. The van der Waals surface area contributed by atoms with Crippen LogP contribution in [0.5, 0.6) is 0 Å². The minimum absolute atomic E-state index is 0.0685. The fourth-order valence-electron chi connectivity index (χ4n) is 1.96. The zero-order valence-electron chi connectivity index (χ0n) is 11.8. The molecule has 0 saturated heterocycles. The molecule has 1 aromatic carbocycles. The van der Waals surface area contributed by atoms with Gasteiger partial charge in [0.25, 0.3) is 0 Å². The van der Waals surface area contributed by atoms with E-state index in [1.165, 1.54) is 12.1 Å². The Labute approximate surface area is 112 Å². The van der Waals surface area contributed by atoms with E-state index in [1.807, 2.05) is 20.8 Å². The van der Waals surface area contributed by atoms with Crippen LogP contribution in [0.15, 0.2) is 18.2 Å². The van der Waals surface area contributed by atoms with Crippen LogP contribution < -0.4 is 0 Å². The first kappa shape index (κ1) is 15.8. The van der Waals surface area contributed by atoms with Gasteiger partial charge in [-0.05, 0) is 24.0 Å². The topological polar surface area (TPSA) is 26.3 Å². The first-order valence-electron chi connectivity index (χ1n) is 6.34. The third-order valence-electron chi connectivity index (χ3n) is 2.81. The van der Waals surface area contributed by atoms with E-state index in [9.17, 15) is 13.6 Å². The van der Waals surface area contributed by atoms with E-state index in [4.69, 9.17) is 4.74 Å². The molecule has 1 aromatic rings. The molecule has 0 N–H and O–H groups in total. The second-order valence-corrected chi connectivity index (χ2v) is 5.56. The zero-order valence-corrected chi connectivity index (χ0v) is 11.8. The van der Waals surface area contributed by atoms with Gasteiger partial charge in [-0.1, -0.05) is 32.9 Å². The van der Waals surface area contributed by atoms with Crippen molar-refractivity contribution in [2.24, 2.45) is 5.41 Å². The highest BCUT2D eigenvalue weighted by molar-refractivity contribution is 5.86. The van der Waals surface area contributed by atoms with Crippen LogP contribution in [0.2, 0.25) is 0 Å². The van der Waals surface area contributed by atoms with Gasteiger partial charge in [0.1, 0.15) is 6.10 Å². The van der Waals surface area contributed by atoms with Gasteiger partial charge in [0.2, 0.25) is 0 Å². The van der Waals surface area contributed by atoms with E-state index in [1.54, 1.807) is 6.92 Å². The summed E-state index contributed by atoms with van der Waals surface area (Å²) in [7, 11) is 0. The Morgan fingerprint density at radius 1 is 1.32 bits per heavy atom. The summed E-state index contributed by atoms with van der Waals surface area (Å²) >= 11 is 0. The van der Waals surface area contributed by atoms with Gasteiger partial charge in [-0.3, -0.25) is 4.79 Å². The Balaban J connectivity index is 2.91. The molecule has 1 unspecified atom stereocenters. The lowest BCUT2D eigenvalue weighted by atomic mass is 9.84. The van der Waals surface area contributed by atoms with Gasteiger partial charge in [-0.15, -0.1) is 0 Å². The van der Waals surface area contributed by atoms with Crippen molar-refractivity contribution >= 4 is 5.78 Å². The predicted octanol–water partition coefficient (Wildman–Crippen LogP) is 3.53. The number of ether oxygens (including phenoxy) is 1. The molecule has 4 heteroatoms. The number of halogens is 2. The number of benzene rings is 1. The molecule has 1 rings (SSSR count). The zero-order chi connectivity index (χ0) is 14.6. The molecule has 0 aromatic heterocycles. The van der Waals surface area contributed by atoms with Crippen molar-refractivity contribution in [2.75, 3.05) is 6.61 Å². The summed E-state index contributed by atoms with van der Waals surface area (Å²) in [6.07, 6.45) is -0.786. The summed E-state index contributed by atoms with van der Waals surface area (Å²) in [5.74, 6) is -2.13. The van der Waals surface area contributed by atoms with Crippen molar-refractivity contribution in [1.82, 2.24) is 0 Å². The van der Waals surface area contributed by atoms with Gasteiger partial charge in [0.15, 0.2) is 17.4 Å². The van der Waals surface area contributed by atoms with Gasteiger partial charge in [-0.2, -0.15) is 0 Å². The van der Waals surface area contributed by atoms with Gasteiger partial charge in [0.05, 0.1) is 0 Å². The van der Waals surface area contributed by atoms with Gasteiger partial charge >= 0.3 is 0 Å². The minimum Gasteiger partial charge on any atom is -0.370 e. The van der Waals surface area contributed by atoms with Crippen molar-refractivity contribution < 1.29 is 18.3 Å². The standard InChI is InChI=1S/C15H20F2O2/c1-5-19-14(15(2,3)4)12(18)9-10-7-6-8-11(16)13(10)17/h6-8,14H,5,9H2,1-4H3. The average Bonchev–Trinajstić information content (AvgIpc) is 2.30. The van der Waals surface area contributed by atoms with Crippen molar-refractivity contribution in [2.45, 2.75) is 40.2 Å². The quantitative estimate of drug-likeness (QED) is 0.818. The van der Waals surface area contributed by atoms with E-state index in [0.29, 0.717) is 6.61 Å². The second kappa shape index (κ2) is 6.24. The summed E-state index contributed by atoms with van der Waals surface area (Å²) in [5.41, 5.74) is -0.310. The van der Waals surface area contributed by atoms with Gasteiger partial charge in [-0.25, -0.2) is 8.78 Å². The maximum absolute atomic E-state index is 13.5. The van der Waals surface area contributed by atoms with Gasteiger partial charge in [0, 0.05) is 13.0 Å². The third-order valence-corrected chi connectivity index (χ3v) is 2.81. The first-order chi connectivity index (χ1) is 8.77. The molecule has 19 heavy (non-hydrogen) atoms. The molecule has 106 valence electrons. The molecule has 0 amide bonds. The van der Waals surface area contributed by atoms with Crippen molar-refractivity contribution in [1.29, 1.82) is 0 Å². The number of hydrogen-bond donors (Lipinski definition) is 0. The number of rotatable bonds is 5. The minimum atomic E-state index is -0.958. The van der Waals surface area contributed by atoms with E-state index >= 15 is 0 Å². The molecule has 2 nitrogen and oxygen atoms in total. The average molecular weight is 270 g/mol. The van der Waals surface area contributed by atoms with Crippen molar-refractivity contribution in [3.63, 3.8) is 0 Å². The molecule has 0 aliphatic carbocycles. The molecule has 0 aliphatic rings. The predicted molar refractivity (Wildman–Crippen MR) is 69.9 cm³/mol. The molecule has 1 atom stereocenters. The summed E-state index contributed by atoms with van der Waals surface area (Å²) < 4.78 is 32.1. The maximum atomic E-state index is 13.5. The molecule has 0 heterocycles. The molecule has 0 spiro atoms. The summed E-state index contributed by atoms with van der Waals surface area (Å²) in [6, 6.07) is 3.85. The fourth-order valence-corrected chi connectivity index (χ4v) is 1.96. The normalized spacial score (nSPS) is 13.4. The fraction of sp³-hybridized carbons (Fsp3) is 0.533. The van der Waals surface area contributed by atoms with Crippen molar-refractivity contribution in [3.8, 4) is 0 Å². The summed E-state index contributed by atoms with van der Waals surface area (Å²) in [4.78, 5) is 12.2. The van der Waals surface area contributed by atoms with Crippen LogP contribution in [0.25, 0.3) is 0 Å². The number of carbonyl (C=O) groups is 1. The highest BCUT2D eigenvalue weighted by atomic mass is 19.2. The Kier molecular flexibility index (Phi) is 5.18. The molecule has 0 saturated carbocycles. The lowest BCUT2D eigenvalue weighted by molar-refractivity contribution is -0.136. The number of carbonyl (C=O) groups excluding carboxylic acids is 1. The van der Waals surface area contributed by atoms with Crippen LogP contribution in [0.3, 0.4) is 0 Å². The lowest BCUT2D eigenvalue weighted by Crippen LogP contribution is -2.38. The Morgan fingerprint density at radius 2 is 1.95 bits per heavy atom. The summed E-state index contributed by atoms with van der Waals surface area (Å²) in [5, 5.41) is 0. The summed E-state index contributed by atoms with van der Waals surface area (Å²) in [6.45, 7) is 7.85. The monoisotopic (exact) mass is 270 g/mol. The highest BCUT2D eigenvalue weighted by Crippen LogP contribution is 2.25. The molecular formula is C15H20F2O2. The third kappa shape index (κ3) is 4.10. The van der Waals surface area contributed by atoms with Crippen LogP contribution in [0.1, 0.15) is 33.3 Å². The first-order valence-corrected chi connectivity index (χ1v) is 6.34. The van der Waals surface area contributed by atoms with E-state index in [-0.39, 0.29) is 23.2 Å².